The molecule has 0 spiro atoms. The molecule has 1 aromatic heterocycles. The fourth-order valence-electron chi connectivity index (χ4n) is 1.93. The Kier molecular flexibility index (Phi) is 1.27. The monoisotopic (exact) mass is 165 g/mol. The summed E-state index contributed by atoms with van der Waals surface area (Å²) in [4.78, 5) is 0. The molecule has 2 heteroatoms. The number of likely N-dealkylation sites (N-methyl/N-ethyl adjacent to an activating group) is 1. The average Bonchev–Trinajstić information content (AvgIpc) is 2.55. The Morgan fingerprint density at radius 2 is 1.75 bits per heavy atom. The zero-order chi connectivity index (χ0) is 8.98. The highest BCUT2D eigenvalue weighted by Gasteiger charge is 2.51. The van der Waals surface area contributed by atoms with Crippen molar-refractivity contribution < 1.29 is 4.42 Å². The molecule has 0 fully saturated rings. The third-order valence-electron chi connectivity index (χ3n) is 3.46. The average molecular weight is 165 g/mol. The van der Waals surface area contributed by atoms with E-state index in [4.69, 9.17) is 4.42 Å². The van der Waals surface area contributed by atoms with Crippen LogP contribution in [0.3, 0.4) is 0 Å². The molecule has 1 aliphatic heterocycles. The van der Waals surface area contributed by atoms with E-state index in [2.05, 4.69) is 38.2 Å². The molecule has 0 amide bonds. The summed E-state index contributed by atoms with van der Waals surface area (Å²) in [5.41, 5.74) is 0.0446. The van der Waals surface area contributed by atoms with Crippen LogP contribution < -0.4 is 5.32 Å². The first kappa shape index (κ1) is 7.87. The topological polar surface area (TPSA) is 25.2 Å². The lowest BCUT2D eigenvalue weighted by Crippen LogP contribution is -2.49. The van der Waals surface area contributed by atoms with Gasteiger partial charge in [0.1, 0.15) is 11.5 Å². The maximum atomic E-state index is 5.65. The van der Waals surface area contributed by atoms with Gasteiger partial charge in [0.2, 0.25) is 0 Å². The number of nitrogens with one attached hydrogen (secondary N) is 1. The van der Waals surface area contributed by atoms with E-state index >= 15 is 0 Å². The maximum absolute atomic E-state index is 5.65. The standard InChI is InChI=1S/C10H15NO/c1-9(2)7-5-6-8(12-7)10(9,3)11-4/h5-6,11H,1-4H3. The van der Waals surface area contributed by atoms with Gasteiger partial charge in [0.05, 0.1) is 5.54 Å². The lowest BCUT2D eigenvalue weighted by atomic mass is 9.70. The first-order valence-corrected chi connectivity index (χ1v) is 4.32. The van der Waals surface area contributed by atoms with E-state index in [9.17, 15) is 0 Å². The summed E-state index contributed by atoms with van der Waals surface area (Å²) in [7, 11) is 1.98. The van der Waals surface area contributed by atoms with Crippen molar-refractivity contribution in [2.24, 2.45) is 0 Å². The van der Waals surface area contributed by atoms with Gasteiger partial charge in [-0.05, 0) is 26.1 Å². The van der Waals surface area contributed by atoms with Crippen LogP contribution in [0.5, 0.6) is 0 Å². The first-order valence-electron chi connectivity index (χ1n) is 4.32. The van der Waals surface area contributed by atoms with Gasteiger partial charge in [0.25, 0.3) is 0 Å². The fraction of sp³-hybridized carbons (Fsp3) is 0.600. The highest BCUT2D eigenvalue weighted by atomic mass is 16.4. The number of hydrogen-bond donors (Lipinski definition) is 1. The summed E-state index contributed by atoms with van der Waals surface area (Å²) >= 11 is 0. The Morgan fingerprint density at radius 1 is 1.17 bits per heavy atom. The van der Waals surface area contributed by atoms with Crippen LogP contribution in [0.2, 0.25) is 0 Å². The molecular weight excluding hydrogens is 150 g/mol. The zero-order valence-electron chi connectivity index (χ0n) is 8.06. The van der Waals surface area contributed by atoms with Crippen molar-refractivity contribution in [3.8, 4) is 0 Å². The van der Waals surface area contributed by atoms with Crippen LogP contribution in [0.25, 0.3) is 0 Å². The van der Waals surface area contributed by atoms with Crippen LogP contribution in [0.15, 0.2) is 16.5 Å². The van der Waals surface area contributed by atoms with Crippen molar-refractivity contribution >= 4 is 0 Å². The van der Waals surface area contributed by atoms with Crippen LogP contribution in [0.4, 0.5) is 0 Å². The summed E-state index contributed by atoms with van der Waals surface area (Å²) in [6, 6.07) is 4.12. The van der Waals surface area contributed by atoms with Gasteiger partial charge in [-0.15, -0.1) is 0 Å². The minimum absolute atomic E-state index is 0.0307. The van der Waals surface area contributed by atoms with Crippen molar-refractivity contribution in [3.05, 3.63) is 23.7 Å². The SMILES string of the molecule is CNC1(C)c2ccc(o2)C1(C)C. The molecule has 0 aliphatic carbocycles. The van der Waals surface area contributed by atoms with Crippen LogP contribution in [0.1, 0.15) is 32.3 Å². The molecule has 1 aromatic rings. The summed E-state index contributed by atoms with van der Waals surface area (Å²) in [5.74, 6) is 2.12. The van der Waals surface area contributed by atoms with E-state index < -0.39 is 0 Å². The molecule has 12 heavy (non-hydrogen) atoms. The molecule has 1 aliphatic rings. The number of hydrogen-bond acceptors (Lipinski definition) is 2. The minimum atomic E-state index is -0.0307. The maximum Gasteiger partial charge on any atom is 0.124 e. The molecule has 2 heterocycles. The number of fused-ring (bicyclic) bond motifs is 2. The second-order valence-corrected chi connectivity index (χ2v) is 4.16. The molecule has 1 unspecified atom stereocenters. The summed E-state index contributed by atoms with van der Waals surface area (Å²) in [5, 5.41) is 3.33. The van der Waals surface area contributed by atoms with E-state index in [1.807, 2.05) is 7.05 Å². The lowest BCUT2D eigenvalue weighted by molar-refractivity contribution is 0.244. The highest BCUT2D eigenvalue weighted by Crippen LogP contribution is 2.48. The molecule has 2 nitrogen and oxygen atoms in total. The summed E-state index contributed by atoms with van der Waals surface area (Å²) < 4.78 is 5.65. The van der Waals surface area contributed by atoms with Gasteiger partial charge >= 0.3 is 0 Å². The Hall–Kier alpha value is -0.760. The van der Waals surface area contributed by atoms with Crippen molar-refractivity contribution in [1.82, 2.24) is 5.32 Å². The van der Waals surface area contributed by atoms with Crippen molar-refractivity contribution in [1.29, 1.82) is 0 Å². The molecule has 0 saturated carbocycles. The molecule has 2 bridgehead atoms. The molecule has 0 aromatic carbocycles. The molecule has 0 saturated heterocycles. The summed E-state index contributed by atoms with van der Waals surface area (Å²) in [6.07, 6.45) is 0. The van der Waals surface area contributed by atoms with E-state index in [0.29, 0.717) is 0 Å². The van der Waals surface area contributed by atoms with E-state index in [0.717, 1.165) is 11.5 Å². The van der Waals surface area contributed by atoms with Gasteiger partial charge in [-0.25, -0.2) is 0 Å². The van der Waals surface area contributed by atoms with Gasteiger partial charge in [0.15, 0.2) is 0 Å². The molecular formula is C10H15NO. The minimum Gasteiger partial charge on any atom is -0.463 e. The Morgan fingerprint density at radius 3 is 2.08 bits per heavy atom. The molecule has 1 atom stereocenters. The predicted molar refractivity (Wildman–Crippen MR) is 48.1 cm³/mol. The fourth-order valence-corrected chi connectivity index (χ4v) is 1.93. The Bertz CT molecular complexity index is 313. The highest BCUT2D eigenvalue weighted by molar-refractivity contribution is 5.35. The van der Waals surface area contributed by atoms with Crippen LogP contribution >= 0.6 is 0 Å². The molecule has 2 rings (SSSR count). The van der Waals surface area contributed by atoms with Crippen molar-refractivity contribution in [2.45, 2.75) is 31.7 Å². The van der Waals surface area contributed by atoms with Crippen LogP contribution in [-0.4, -0.2) is 7.05 Å². The normalized spacial score (nSPS) is 31.0. The van der Waals surface area contributed by atoms with Gasteiger partial charge in [-0.3, -0.25) is 0 Å². The van der Waals surface area contributed by atoms with Crippen molar-refractivity contribution in [3.63, 3.8) is 0 Å². The Labute approximate surface area is 73.0 Å². The van der Waals surface area contributed by atoms with Crippen LogP contribution in [0, 0.1) is 0 Å². The predicted octanol–water partition coefficient (Wildman–Crippen LogP) is 2.01. The largest absolute Gasteiger partial charge is 0.463 e. The van der Waals surface area contributed by atoms with E-state index in [-0.39, 0.29) is 11.0 Å². The lowest BCUT2D eigenvalue weighted by Gasteiger charge is -2.37. The second-order valence-electron chi connectivity index (χ2n) is 4.16. The smallest absolute Gasteiger partial charge is 0.124 e. The zero-order valence-corrected chi connectivity index (χ0v) is 8.06. The van der Waals surface area contributed by atoms with Crippen LogP contribution in [-0.2, 0) is 11.0 Å². The van der Waals surface area contributed by atoms with Gasteiger partial charge in [0, 0.05) is 5.41 Å². The second kappa shape index (κ2) is 1.94. The van der Waals surface area contributed by atoms with E-state index in [1.165, 1.54) is 0 Å². The Balaban J connectivity index is 2.59. The first-order chi connectivity index (χ1) is 5.52. The van der Waals surface area contributed by atoms with E-state index in [1.54, 1.807) is 0 Å². The quantitative estimate of drug-likeness (QED) is 0.688. The number of furan rings is 1. The third kappa shape index (κ3) is 0.604. The third-order valence-corrected chi connectivity index (χ3v) is 3.46. The van der Waals surface area contributed by atoms with Gasteiger partial charge in [-0.2, -0.15) is 0 Å². The van der Waals surface area contributed by atoms with Gasteiger partial charge in [-0.1, -0.05) is 13.8 Å². The summed E-state index contributed by atoms with van der Waals surface area (Å²) in [6.45, 7) is 6.59. The number of rotatable bonds is 1. The van der Waals surface area contributed by atoms with Gasteiger partial charge < -0.3 is 9.73 Å². The molecule has 66 valence electrons. The molecule has 0 radical (unpaired) electrons. The molecule has 1 N–H and O–H groups in total. The van der Waals surface area contributed by atoms with Crippen molar-refractivity contribution in [2.75, 3.05) is 7.05 Å².